The first-order valence-corrected chi connectivity index (χ1v) is 8.13. The molecule has 4 rings (SSSR count). The van der Waals surface area contributed by atoms with Gasteiger partial charge in [-0.2, -0.15) is 0 Å². The molecule has 0 aliphatic carbocycles. The van der Waals surface area contributed by atoms with E-state index >= 15 is 0 Å². The van der Waals surface area contributed by atoms with Crippen molar-refractivity contribution in [3.63, 3.8) is 0 Å². The van der Waals surface area contributed by atoms with Gasteiger partial charge in [-0.15, -0.1) is 11.3 Å². The average molecular weight is 323 g/mol. The maximum Gasteiger partial charge on any atom is 0.346 e. The van der Waals surface area contributed by atoms with Gasteiger partial charge in [0.2, 0.25) is 0 Å². The van der Waals surface area contributed by atoms with Gasteiger partial charge in [-0.3, -0.25) is 0 Å². The topological polar surface area (TPSA) is 52.3 Å². The lowest BCUT2D eigenvalue weighted by atomic mass is 10.2. The lowest BCUT2D eigenvalue weighted by Gasteiger charge is -2.06. The zero-order valence-corrected chi connectivity index (χ0v) is 13.2. The predicted octanol–water partition coefficient (Wildman–Crippen LogP) is 4.47. The van der Waals surface area contributed by atoms with Crippen LogP contribution < -0.4 is 10.4 Å². The van der Waals surface area contributed by atoms with Gasteiger partial charge in [0.15, 0.2) is 11.3 Å². The van der Waals surface area contributed by atoms with Crippen molar-refractivity contribution in [2.75, 3.05) is 6.61 Å². The smallest absolute Gasteiger partial charge is 0.346 e. The molecule has 23 heavy (non-hydrogen) atoms. The van der Waals surface area contributed by atoms with Crippen LogP contribution in [0.3, 0.4) is 0 Å². The normalized spacial score (nSPS) is 11.2. The van der Waals surface area contributed by atoms with Gasteiger partial charge in [-0.1, -0.05) is 24.3 Å². The van der Waals surface area contributed by atoms with Crippen LogP contribution in [-0.2, 0) is 0 Å². The SMILES string of the molecule is CCOc1cccc2cc(-c3nc4ccccc4s3)c(=O)oc12. The number of rotatable bonds is 3. The predicted molar refractivity (Wildman–Crippen MR) is 92.3 cm³/mol. The molecular formula is C18H13NO3S. The Morgan fingerprint density at radius 2 is 2.04 bits per heavy atom. The first-order valence-electron chi connectivity index (χ1n) is 7.32. The number of fused-ring (bicyclic) bond motifs is 2. The summed E-state index contributed by atoms with van der Waals surface area (Å²) < 4.78 is 12.1. The van der Waals surface area contributed by atoms with Gasteiger partial charge in [0.25, 0.3) is 0 Å². The van der Waals surface area contributed by atoms with Crippen LogP contribution in [0.2, 0.25) is 0 Å². The van der Waals surface area contributed by atoms with E-state index in [4.69, 9.17) is 9.15 Å². The van der Waals surface area contributed by atoms with Gasteiger partial charge in [0, 0.05) is 5.39 Å². The molecule has 2 aromatic heterocycles. The fourth-order valence-electron chi connectivity index (χ4n) is 2.52. The summed E-state index contributed by atoms with van der Waals surface area (Å²) in [6, 6.07) is 15.2. The molecule has 0 amide bonds. The second kappa shape index (κ2) is 5.52. The number of nitrogens with zero attached hydrogens (tertiary/aromatic N) is 1. The molecule has 0 N–H and O–H groups in total. The molecular weight excluding hydrogens is 310 g/mol. The fourth-order valence-corrected chi connectivity index (χ4v) is 3.49. The number of aromatic nitrogens is 1. The molecule has 2 aromatic carbocycles. The summed E-state index contributed by atoms with van der Waals surface area (Å²) in [5.74, 6) is 0.581. The Balaban J connectivity index is 1.93. The van der Waals surface area contributed by atoms with E-state index in [2.05, 4.69) is 4.98 Å². The van der Waals surface area contributed by atoms with E-state index in [1.165, 1.54) is 11.3 Å². The van der Waals surface area contributed by atoms with E-state index in [0.717, 1.165) is 15.6 Å². The number of thiazole rings is 1. The molecule has 114 valence electrons. The number of hydrogen-bond acceptors (Lipinski definition) is 5. The fraction of sp³-hybridized carbons (Fsp3) is 0.111. The molecule has 4 aromatic rings. The highest BCUT2D eigenvalue weighted by molar-refractivity contribution is 7.21. The Morgan fingerprint density at radius 3 is 2.87 bits per heavy atom. The maximum atomic E-state index is 12.4. The van der Waals surface area contributed by atoms with E-state index in [-0.39, 0.29) is 0 Å². The zero-order valence-electron chi connectivity index (χ0n) is 12.4. The number of para-hydroxylation sites is 2. The van der Waals surface area contributed by atoms with Crippen molar-refractivity contribution in [1.82, 2.24) is 4.98 Å². The number of benzene rings is 2. The van der Waals surface area contributed by atoms with Gasteiger partial charge in [-0.05, 0) is 31.2 Å². The quantitative estimate of drug-likeness (QED) is 0.522. The first-order chi connectivity index (χ1) is 11.3. The molecule has 0 aliphatic heterocycles. The third-order valence-electron chi connectivity index (χ3n) is 3.55. The van der Waals surface area contributed by atoms with Crippen LogP contribution in [0.15, 0.2) is 57.7 Å². The second-order valence-corrected chi connectivity index (χ2v) is 6.07. The third kappa shape index (κ3) is 2.39. The lowest BCUT2D eigenvalue weighted by molar-refractivity contribution is 0.337. The summed E-state index contributed by atoms with van der Waals surface area (Å²) in [4.78, 5) is 16.9. The van der Waals surface area contributed by atoms with Crippen LogP contribution in [0.5, 0.6) is 5.75 Å². The molecule has 0 bridgehead atoms. The average Bonchev–Trinajstić information content (AvgIpc) is 2.99. The van der Waals surface area contributed by atoms with Crippen molar-refractivity contribution >= 4 is 32.5 Å². The van der Waals surface area contributed by atoms with Gasteiger partial charge in [0.1, 0.15) is 5.01 Å². The third-order valence-corrected chi connectivity index (χ3v) is 4.62. The first kappa shape index (κ1) is 14.0. The van der Waals surface area contributed by atoms with Crippen LogP contribution in [0, 0.1) is 0 Å². The monoisotopic (exact) mass is 323 g/mol. The minimum absolute atomic E-state index is 0.399. The summed E-state index contributed by atoms with van der Waals surface area (Å²) >= 11 is 1.49. The minimum atomic E-state index is -0.399. The van der Waals surface area contributed by atoms with Crippen molar-refractivity contribution in [3.05, 3.63) is 59.0 Å². The van der Waals surface area contributed by atoms with Crippen LogP contribution in [-0.4, -0.2) is 11.6 Å². The lowest BCUT2D eigenvalue weighted by Crippen LogP contribution is -2.03. The van der Waals surface area contributed by atoms with Crippen LogP contribution >= 0.6 is 11.3 Å². The molecule has 0 saturated carbocycles. The summed E-state index contributed by atoms with van der Waals surface area (Å²) in [5, 5.41) is 1.49. The van der Waals surface area contributed by atoms with E-state index in [9.17, 15) is 4.79 Å². The van der Waals surface area contributed by atoms with Gasteiger partial charge in [0.05, 0.1) is 22.4 Å². The van der Waals surface area contributed by atoms with Gasteiger partial charge >= 0.3 is 5.63 Å². The van der Waals surface area contributed by atoms with Crippen molar-refractivity contribution in [1.29, 1.82) is 0 Å². The highest BCUT2D eigenvalue weighted by atomic mass is 32.1. The second-order valence-electron chi connectivity index (χ2n) is 5.04. The van der Waals surface area contributed by atoms with E-state index in [0.29, 0.717) is 28.5 Å². The standard InChI is InChI=1S/C18H13NO3S/c1-2-21-14-8-5-6-11-10-12(18(20)22-16(11)14)17-19-13-7-3-4-9-15(13)23-17/h3-10H,2H2,1H3. The van der Waals surface area contributed by atoms with Crippen molar-refractivity contribution < 1.29 is 9.15 Å². The molecule has 0 radical (unpaired) electrons. The van der Waals surface area contributed by atoms with E-state index < -0.39 is 5.63 Å². The Labute approximate surface area is 136 Å². The largest absolute Gasteiger partial charge is 0.490 e. The minimum Gasteiger partial charge on any atom is -0.490 e. The molecule has 0 spiro atoms. The highest BCUT2D eigenvalue weighted by Crippen LogP contribution is 2.31. The number of hydrogen-bond donors (Lipinski definition) is 0. The molecule has 2 heterocycles. The molecule has 0 aliphatic rings. The molecule has 0 saturated heterocycles. The summed E-state index contributed by atoms with van der Waals surface area (Å²) in [6.07, 6.45) is 0. The molecule has 5 heteroatoms. The molecule has 0 unspecified atom stereocenters. The van der Waals surface area contributed by atoms with Crippen molar-refractivity contribution in [2.45, 2.75) is 6.92 Å². The Kier molecular flexibility index (Phi) is 3.35. The number of ether oxygens (including phenoxy) is 1. The van der Waals surface area contributed by atoms with Crippen LogP contribution in [0.25, 0.3) is 31.8 Å². The summed E-state index contributed by atoms with van der Waals surface area (Å²) in [7, 11) is 0. The van der Waals surface area contributed by atoms with E-state index in [1.54, 1.807) is 6.07 Å². The van der Waals surface area contributed by atoms with E-state index in [1.807, 2.05) is 49.4 Å². The van der Waals surface area contributed by atoms with Gasteiger partial charge in [-0.25, -0.2) is 9.78 Å². The maximum absolute atomic E-state index is 12.4. The molecule has 4 nitrogen and oxygen atoms in total. The Hall–Kier alpha value is -2.66. The molecule has 0 fully saturated rings. The van der Waals surface area contributed by atoms with Crippen molar-refractivity contribution in [3.8, 4) is 16.3 Å². The Morgan fingerprint density at radius 1 is 1.17 bits per heavy atom. The van der Waals surface area contributed by atoms with Crippen LogP contribution in [0.4, 0.5) is 0 Å². The molecule has 0 atom stereocenters. The Bertz CT molecular complexity index is 1030. The van der Waals surface area contributed by atoms with Gasteiger partial charge < -0.3 is 9.15 Å². The van der Waals surface area contributed by atoms with Crippen LogP contribution in [0.1, 0.15) is 6.92 Å². The highest BCUT2D eigenvalue weighted by Gasteiger charge is 2.14. The summed E-state index contributed by atoms with van der Waals surface area (Å²) in [5.41, 5.74) is 1.44. The van der Waals surface area contributed by atoms with Crippen molar-refractivity contribution in [2.24, 2.45) is 0 Å². The summed E-state index contributed by atoms with van der Waals surface area (Å²) in [6.45, 7) is 2.41. The zero-order chi connectivity index (χ0) is 15.8.